The minimum absolute atomic E-state index is 0.0246. The summed E-state index contributed by atoms with van der Waals surface area (Å²) < 4.78 is 35.1. The number of aryl methyl sites for hydroxylation is 1. The molecule has 1 atom stereocenters. The zero-order chi connectivity index (χ0) is 19.6. The molecule has 0 spiro atoms. The second-order valence-electron chi connectivity index (χ2n) is 6.96. The molecule has 0 bridgehead atoms. The van der Waals surface area contributed by atoms with E-state index in [1.165, 1.54) is 0 Å². The number of sulfonamides is 1. The van der Waals surface area contributed by atoms with Crippen LogP contribution in [0.25, 0.3) is 16.8 Å². The average Bonchev–Trinajstić information content (AvgIpc) is 3.41. The Morgan fingerprint density at radius 2 is 2.04 bits per heavy atom. The van der Waals surface area contributed by atoms with Gasteiger partial charge in [-0.1, -0.05) is 18.2 Å². The Morgan fingerprint density at radius 1 is 1.21 bits per heavy atom. The fourth-order valence-corrected chi connectivity index (χ4v) is 4.58. The number of hydrogen-bond donors (Lipinski definition) is 1. The van der Waals surface area contributed by atoms with Gasteiger partial charge in [0.25, 0.3) is 0 Å². The lowest BCUT2D eigenvalue weighted by atomic mass is 10.0. The smallest absolute Gasteiger partial charge is 0.240 e. The lowest BCUT2D eigenvalue weighted by Crippen LogP contribution is -2.31. The lowest BCUT2D eigenvalue weighted by Gasteiger charge is -2.13. The van der Waals surface area contributed by atoms with E-state index in [4.69, 9.17) is 4.74 Å². The van der Waals surface area contributed by atoms with Gasteiger partial charge in [-0.15, -0.1) is 0 Å². The monoisotopic (exact) mass is 397 g/mol. The van der Waals surface area contributed by atoms with Crippen molar-refractivity contribution < 1.29 is 13.2 Å². The normalized spacial score (nSPS) is 17.1. The fraction of sp³-hybridized carbons (Fsp3) is 0.286. The van der Waals surface area contributed by atoms with Crippen LogP contribution in [0.2, 0.25) is 0 Å². The molecule has 2 aromatic carbocycles. The predicted octanol–water partition coefficient (Wildman–Crippen LogP) is 3.31. The molecule has 0 saturated carbocycles. The van der Waals surface area contributed by atoms with Crippen molar-refractivity contribution in [3.63, 3.8) is 0 Å². The Morgan fingerprint density at radius 3 is 2.68 bits per heavy atom. The zero-order valence-electron chi connectivity index (χ0n) is 15.7. The Labute approximate surface area is 165 Å². The first-order chi connectivity index (χ1) is 13.5. The standard InChI is InChI=1S/C21H23N3O3S/c1-16-14-20(28(25,26)23-15-19-4-2-13-27-19)9-10-21(16)17-5-7-18(8-6-17)24-12-3-11-22-24/h3,5-12,14,19,23H,2,4,13,15H2,1H3. The number of aromatic nitrogens is 2. The van der Waals surface area contributed by atoms with Crippen LogP contribution in [0.15, 0.2) is 65.8 Å². The molecule has 1 fully saturated rings. The summed E-state index contributed by atoms with van der Waals surface area (Å²) in [5.41, 5.74) is 3.92. The van der Waals surface area contributed by atoms with Gasteiger partial charge in [0.05, 0.1) is 16.7 Å². The van der Waals surface area contributed by atoms with E-state index in [1.807, 2.05) is 49.5 Å². The van der Waals surface area contributed by atoms with Gasteiger partial charge in [-0.2, -0.15) is 5.10 Å². The maximum absolute atomic E-state index is 12.6. The molecule has 0 amide bonds. The topological polar surface area (TPSA) is 73.2 Å². The molecule has 1 N–H and O–H groups in total. The summed E-state index contributed by atoms with van der Waals surface area (Å²) in [5, 5.41) is 4.23. The molecule has 4 rings (SSSR count). The molecule has 28 heavy (non-hydrogen) atoms. The number of rotatable bonds is 6. The van der Waals surface area contributed by atoms with E-state index in [0.29, 0.717) is 13.2 Å². The summed E-state index contributed by atoms with van der Waals surface area (Å²) in [5.74, 6) is 0. The van der Waals surface area contributed by atoms with Gasteiger partial charge in [-0.05, 0) is 66.8 Å². The van der Waals surface area contributed by atoms with Gasteiger partial charge in [-0.25, -0.2) is 17.8 Å². The Balaban J connectivity index is 1.52. The summed E-state index contributed by atoms with van der Waals surface area (Å²) in [6.07, 6.45) is 5.49. The summed E-state index contributed by atoms with van der Waals surface area (Å²) >= 11 is 0. The Hall–Kier alpha value is -2.48. The van der Waals surface area contributed by atoms with Crippen molar-refractivity contribution in [2.45, 2.75) is 30.8 Å². The van der Waals surface area contributed by atoms with E-state index >= 15 is 0 Å². The molecule has 1 unspecified atom stereocenters. The van der Waals surface area contributed by atoms with Crippen LogP contribution >= 0.6 is 0 Å². The van der Waals surface area contributed by atoms with Crippen molar-refractivity contribution in [1.82, 2.24) is 14.5 Å². The van der Waals surface area contributed by atoms with Crippen LogP contribution in [0, 0.1) is 6.92 Å². The molecule has 1 aliphatic heterocycles. The van der Waals surface area contributed by atoms with E-state index in [1.54, 1.807) is 23.0 Å². The van der Waals surface area contributed by atoms with Crippen molar-refractivity contribution in [2.75, 3.05) is 13.2 Å². The van der Waals surface area contributed by atoms with Crippen LogP contribution in [-0.2, 0) is 14.8 Å². The highest BCUT2D eigenvalue weighted by molar-refractivity contribution is 7.89. The highest BCUT2D eigenvalue weighted by Crippen LogP contribution is 2.27. The Kier molecular flexibility index (Phi) is 5.30. The van der Waals surface area contributed by atoms with Crippen molar-refractivity contribution >= 4 is 10.0 Å². The number of hydrogen-bond acceptors (Lipinski definition) is 4. The molecule has 3 aromatic rings. The number of nitrogens with zero attached hydrogens (tertiary/aromatic N) is 2. The molecule has 1 aromatic heterocycles. The minimum Gasteiger partial charge on any atom is -0.377 e. The van der Waals surface area contributed by atoms with Crippen molar-refractivity contribution in [3.05, 3.63) is 66.5 Å². The third kappa shape index (κ3) is 4.01. The predicted molar refractivity (Wildman–Crippen MR) is 108 cm³/mol. The molecule has 0 radical (unpaired) electrons. The van der Waals surface area contributed by atoms with Crippen LogP contribution in [0.5, 0.6) is 0 Å². The van der Waals surface area contributed by atoms with E-state index in [9.17, 15) is 8.42 Å². The van der Waals surface area contributed by atoms with Gasteiger partial charge >= 0.3 is 0 Å². The van der Waals surface area contributed by atoms with Crippen LogP contribution in [0.4, 0.5) is 0 Å². The largest absolute Gasteiger partial charge is 0.377 e. The summed E-state index contributed by atoms with van der Waals surface area (Å²) in [7, 11) is -3.55. The summed E-state index contributed by atoms with van der Waals surface area (Å²) in [6.45, 7) is 2.95. The van der Waals surface area contributed by atoms with Gasteiger partial charge in [0.15, 0.2) is 0 Å². The van der Waals surface area contributed by atoms with Gasteiger partial charge in [-0.3, -0.25) is 0 Å². The third-order valence-electron chi connectivity index (χ3n) is 4.98. The first-order valence-electron chi connectivity index (χ1n) is 9.35. The Bertz CT molecular complexity index is 1040. The minimum atomic E-state index is -3.55. The maximum atomic E-state index is 12.6. The van der Waals surface area contributed by atoms with Gasteiger partial charge in [0.2, 0.25) is 10.0 Å². The van der Waals surface area contributed by atoms with E-state index in [2.05, 4.69) is 9.82 Å². The molecule has 7 heteroatoms. The number of ether oxygens (including phenoxy) is 1. The van der Waals surface area contributed by atoms with E-state index in [0.717, 1.165) is 35.2 Å². The van der Waals surface area contributed by atoms with Crippen LogP contribution < -0.4 is 4.72 Å². The van der Waals surface area contributed by atoms with Gasteiger partial charge in [0, 0.05) is 25.5 Å². The number of nitrogens with one attached hydrogen (secondary N) is 1. The second-order valence-corrected chi connectivity index (χ2v) is 8.73. The summed E-state index contributed by atoms with van der Waals surface area (Å²) in [4.78, 5) is 0.278. The maximum Gasteiger partial charge on any atom is 0.240 e. The van der Waals surface area contributed by atoms with Gasteiger partial charge < -0.3 is 4.74 Å². The fourth-order valence-electron chi connectivity index (χ4n) is 3.43. The van der Waals surface area contributed by atoms with Crippen LogP contribution in [0.1, 0.15) is 18.4 Å². The SMILES string of the molecule is Cc1cc(S(=O)(=O)NCC2CCCO2)ccc1-c1ccc(-n2cccn2)cc1. The second kappa shape index (κ2) is 7.87. The molecular weight excluding hydrogens is 374 g/mol. The highest BCUT2D eigenvalue weighted by atomic mass is 32.2. The molecule has 1 aliphatic rings. The average molecular weight is 398 g/mol. The molecule has 6 nitrogen and oxygen atoms in total. The zero-order valence-corrected chi connectivity index (χ0v) is 16.5. The first-order valence-corrected chi connectivity index (χ1v) is 10.8. The molecule has 1 saturated heterocycles. The lowest BCUT2D eigenvalue weighted by molar-refractivity contribution is 0.114. The first kappa shape index (κ1) is 18.9. The van der Waals surface area contributed by atoms with E-state index in [-0.39, 0.29) is 11.0 Å². The van der Waals surface area contributed by atoms with E-state index < -0.39 is 10.0 Å². The quantitative estimate of drug-likeness (QED) is 0.693. The van der Waals surface area contributed by atoms with Crippen LogP contribution in [-0.4, -0.2) is 37.5 Å². The summed E-state index contributed by atoms with van der Waals surface area (Å²) in [6, 6.07) is 15.1. The molecule has 2 heterocycles. The van der Waals surface area contributed by atoms with Crippen molar-refractivity contribution in [2.24, 2.45) is 0 Å². The molecule has 0 aliphatic carbocycles. The van der Waals surface area contributed by atoms with Crippen molar-refractivity contribution in [3.8, 4) is 16.8 Å². The molecular formula is C21H23N3O3S. The molecule has 146 valence electrons. The number of benzene rings is 2. The third-order valence-corrected chi connectivity index (χ3v) is 6.40. The van der Waals surface area contributed by atoms with Crippen molar-refractivity contribution in [1.29, 1.82) is 0 Å². The highest BCUT2D eigenvalue weighted by Gasteiger charge is 2.20. The van der Waals surface area contributed by atoms with Crippen LogP contribution in [0.3, 0.4) is 0 Å². The van der Waals surface area contributed by atoms with Gasteiger partial charge in [0.1, 0.15) is 0 Å².